The molecule has 0 bridgehead atoms. The van der Waals surface area contributed by atoms with Crippen molar-refractivity contribution in [3.63, 3.8) is 0 Å². The van der Waals surface area contributed by atoms with Gasteiger partial charge in [-0.25, -0.2) is 0 Å². The van der Waals surface area contributed by atoms with E-state index in [1.165, 1.54) is 23.3 Å². The third kappa shape index (κ3) is 4.63. The van der Waals surface area contributed by atoms with Crippen LogP contribution in [-0.4, -0.2) is 19.1 Å². The summed E-state index contributed by atoms with van der Waals surface area (Å²) in [5.41, 5.74) is 1.35. The molecule has 0 heterocycles. The van der Waals surface area contributed by atoms with Gasteiger partial charge < -0.3 is 10.1 Å². The van der Waals surface area contributed by atoms with Gasteiger partial charge in [-0.05, 0) is 49.9 Å². The second-order valence-corrected chi connectivity index (χ2v) is 5.92. The van der Waals surface area contributed by atoms with Crippen LogP contribution in [0.15, 0.2) is 29.2 Å². The summed E-state index contributed by atoms with van der Waals surface area (Å²) in [6.07, 6.45) is 2.73. The topological polar surface area (TPSA) is 21.3 Å². The fourth-order valence-corrected chi connectivity index (χ4v) is 2.53. The van der Waals surface area contributed by atoms with Crippen molar-refractivity contribution in [3.05, 3.63) is 29.8 Å². The van der Waals surface area contributed by atoms with Crippen molar-refractivity contribution in [2.24, 2.45) is 5.92 Å². The molecule has 0 aliphatic heterocycles. The molecule has 0 aromatic heterocycles. The van der Waals surface area contributed by atoms with Gasteiger partial charge >= 0.3 is 0 Å². The molecule has 1 saturated carbocycles. The SMILES string of the molecule is CCNC(C)c1ccc(SCOCC2CC2)cc1. The molecule has 1 unspecified atom stereocenters. The Kier molecular flexibility index (Phi) is 5.54. The molecule has 0 radical (unpaired) electrons. The van der Waals surface area contributed by atoms with Crippen LogP contribution in [0.2, 0.25) is 0 Å². The molecule has 1 atom stereocenters. The summed E-state index contributed by atoms with van der Waals surface area (Å²) in [6.45, 7) is 6.29. The molecule has 0 amide bonds. The van der Waals surface area contributed by atoms with E-state index in [1.807, 2.05) is 0 Å². The summed E-state index contributed by atoms with van der Waals surface area (Å²) in [7, 11) is 0. The summed E-state index contributed by atoms with van der Waals surface area (Å²) in [6, 6.07) is 9.22. The normalized spacial score (nSPS) is 16.8. The lowest BCUT2D eigenvalue weighted by Gasteiger charge is -2.13. The zero-order valence-electron chi connectivity index (χ0n) is 11.3. The van der Waals surface area contributed by atoms with Crippen LogP contribution in [0.25, 0.3) is 0 Å². The Balaban J connectivity index is 1.72. The van der Waals surface area contributed by atoms with E-state index >= 15 is 0 Å². The van der Waals surface area contributed by atoms with Gasteiger partial charge in [-0.1, -0.05) is 30.8 Å². The second kappa shape index (κ2) is 7.17. The fourth-order valence-electron chi connectivity index (χ4n) is 1.89. The lowest BCUT2D eigenvalue weighted by atomic mass is 10.1. The van der Waals surface area contributed by atoms with Crippen molar-refractivity contribution in [1.29, 1.82) is 0 Å². The van der Waals surface area contributed by atoms with Crippen molar-refractivity contribution in [1.82, 2.24) is 5.32 Å². The monoisotopic (exact) mass is 265 g/mol. The summed E-state index contributed by atoms with van der Waals surface area (Å²) in [4.78, 5) is 1.29. The highest BCUT2D eigenvalue weighted by atomic mass is 32.2. The second-order valence-electron chi connectivity index (χ2n) is 4.92. The van der Waals surface area contributed by atoms with Crippen molar-refractivity contribution in [2.45, 2.75) is 37.6 Å². The molecule has 2 nitrogen and oxygen atoms in total. The average Bonchev–Trinajstić information content (AvgIpc) is 3.20. The Hall–Kier alpha value is -0.510. The van der Waals surface area contributed by atoms with Gasteiger partial charge in [0.2, 0.25) is 0 Å². The molecule has 1 N–H and O–H groups in total. The minimum absolute atomic E-state index is 0.431. The molecule has 1 fully saturated rings. The molecule has 1 aromatic rings. The maximum absolute atomic E-state index is 5.63. The first-order valence-electron chi connectivity index (χ1n) is 6.83. The van der Waals surface area contributed by atoms with Crippen LogP contribution in [0.3, 0.4) is 0 Å². The molecular formula is C15H23NOS. The van der Waals surface area contributed by atoms with Gasteiger partial charge in [0.05, 0.1) is 12.5 Å². The van der Waals surface area contributed by atoms with E-state index in [4.69, 9.17) is 4.74 Å². The highest BCUT2D eigenvalue weighted by Crippen LogP contribution is 2.29. The lowest BCUT2D eigenvalue weighted by Crippen LogP contribution is -2.17. The Morgan fingerprint density at radius 2 is 2.06 bits per heavy atom. The molecule has 18 heavy (non-hydrogen) atoms. The number of thioether (sulfide) groups is 1. The van der Waals surface area contributed by atoms with E-state index in [0.29, 0.717) is 6.04 Å². The van der Waals surface area contributed by atoms with E-state index in [1.54, 1.807) is 11.8 Å². The number of rotatable bonds is 8. The smallest absolute Gasteiger partial charge is 0.0967 e. The van der Waals surface area contributed by atoms with Crippen molar-refractivity contribution in [2.75, 3.05) is 19.1 Å². The number of hydrogen-bond donors (Lipinski definition) is 1. The molecule has 2 rings (SSSR count). The maximum atomic E-state index is 5.63. The highest BCUT2D eigenvalue weighted by Gasteiger charge is 2.20. The number of ether oxygens (including phenoxy) is 1. The van der Waals surface area contributed by atoms with Crippen LogP contribution in [0, 0.1) is 5.92 Å². The van der Waals surface area contributed by atoms with Crippen molar-refractivity contribution in [3.8, 4) is 0 Å². The Morgan fingerprint density at radius 1 is 1.33 bits per heavy atom. The zero-order chi connectivity index (χ0) is 12.8. The minimum atomic E-state index is 0.431. The Labute approximate surface area is 114 Å². The van der Waals surface area contributed by atoms with Crippen molar-refractivity contribution >= 4 is 11.8 Å². The summed E-state index contributed by atoms with van der Waals surface area (Å²) in [5.74, 6) is 1.63. The van der Waals surface area contributed by atoms with Gasteiger partial charge in [0.25, 0.3) is 0 Å². The van der Waals surface area contributed by atoms with Crippen molar-refractivity contribution < 1.29 is 4.74 Å². The van der Waals surface area contributed by atoms with Crippen LogP contribution in [0.5, 0.6) is 0 Å². The molecule has 3 heteroatoms. The Morgan fingerprint density at radius 3 is 2.67 bits per heavy atom. The van der Waals surface area contributed by atoms with E-state index in [0.717, 1.165) is 25.0 Å². The predicted octanol–water partition coefficient (Wildman–Crippen LogP) is 3.83. The quantitative estimate of drug-likeness (QED) is 0.438. The van der Waals surface area contributed by atoms with Crippen LogP contribution >= 0.6 is 11.8 Å². The van der Waals surface area contributed by atoms with E-state index < -0.39 is 0 Å². The van der Waals surface area contributed by atoms with E-state index in [-0.39, 0.29) is 0 Å². The lowest BCUT2D eigenvalue weighted by molar-refractivity contribution is 0.171. The van der Waals surface area contributed by atoms with Gasteiger partial charge in [-0.2, -0.15) is 0 Å². The fraction of sp³-hybridized carbons (Fsp3) is 0.600. The molecular weight excluding hydrogens is 242 g/mol. The molecule has 1 aromatic carbocycles. The number of nitrogens with one attached hydrogen (secondary N) is 1. The van der Waals surface area contributed by atoms with Crippen LogP contribution < -0.4 is 5.32 Å². The van der Waals surface area contributed by atoms with Gasteiger partial charge in [0.1, 0.15) is 0 Å². The first-order chi connectivity index (χ1) is 8.79. The largest absolute Gasteiger partial charge is 0.370 e. The number of hydrogen-bond acceptors (Lipinski definition) is 3. The summed E-state index contributed by atoms with van der Waals surface area (Å²) < 4.78 is 5.63. The summed E-state index contributed by atoms with van der Waals surface area (Å²) >= 11 is 1.78. The Bertz CT molecular complexity index is 348. The van der Waals surface area contributed by atoms with Gasteiger partial charge in [0.15, 0.2) is 0 Å². The first kappa shape index (κ1) is 13.9. The molecule has 1 aliphatic rings. The minimum Gasteiger partial charge on any atom is -0.370 e. The van der Waals surface area contributed by atoms with Crippen LogP contribution in [0.4, 0.5) is 0 Å². The van der Waals surface area contributed by atoms with E-state index in [9.17, 15) is 0 Å². The molecule has 0 spiro atoms. The molecule has 100 valence electrons. The standard InChI is InChI=1S/C15H23NOS/c1-3-16-12(2)14-6-8-15(9-7-14)18-11-17-10-13-4-5-13/h6-9,12-13,16H,3-5,10-11H2,1-2H3. The molecule has 0 saturated heterocycles. The number of benzene rings is 1. The average molecular weight is 265 g/mol. The maximum Gasteiger partial charge on any atom is 0.0967 e. The summed E-state index contributed by atoms with van der Waals surface area (Å²) in [5, 5.41) is 3.42. The van der Waals surface area contributed by atoms with Gasteiger partial charge in [0, 0.05) is 10.9 Å². The van der Waals surface area contributed by atoms with Crippen LogP contribution in [-0.2, 0) is 4.74 Å². The highest BCUT2D eigenvalue weighted by molar-refractivity contribution is 7.99. The van der Waals surface area contributed by atoms with Crippen LogP contribution in [0.1, 0.15) is 38.3 Å². The van der Waals surface area contributed by atoms with Gasteiger partial charge in [-0.3, -0.25) is 0 Å². The third-order valence-electron chi connectivity index (χ3n) is 3.25. The zero-order valence-corrected chi connectivity index (χ0v) is 12.1. The van der Waals surface area contributed by atoms with E-state index in [2.05, 4.69) is 43.4 Å². The molecule has 1 aliphatic carbocycles. The third-order valence-corrected chi connectivity index (χ3v) is 4.14. The van der Waals surface area contributed by atoms with Gasteiger partial charge in [-0.15, -0.1) is 0 Å². The predicted molar refractivity (Wildman–Crippen MR) is 77.9 cm³/mol. The first-order valence-corrected chi connectivity index (χ1v) is 7.82.